The van der Waals surface area contributed by atoms with E-state index in [0.717, 1.165) is 31.9 Å². The van der Waals surface area contributed by atoms with Crippen LogP contribution in [0.5, 0.6) is 0 Å². The van der Waals surface area contributed by atoms with Crippen molar-refractivity contribution in [1.82, 2.24) is 25.5 Å². The van der Waals surface area contributed by atoms with Crippen LogP contribution in [0.4, 0.5) is 0 Å². The van der Waals surface area contributed by atoms with Crippen molar-refractivity contribution < 1.29 is 4.74 Å². The van der Waals surface area contributed by atoms with Gasteiger partial charge in [-0.3, -0.25) is 0 Å². The summed E-state index contributed by atoms with van der Waals surface area (Å²) in [5, 5.41) is 15.2. The summed E-state index contributed by atoms with van der Waals surface area (Å²) in [7, 11) is 1.70. The third kappa shape index (κ3) is 2.99. The van der Waals surface area contributed by atoms with E-state index in [2.05, 4.69) is 20.8 Å². The van der Waals surface area contributed by atoms with Crippen LogP contribution < -0.4 is 5.32 Å². The second kappa shape index (κ2) is 5.91. The highest BCUT2D eigenvalue weighted by Crippen LogP contribution is 2.14. The van der Waals surface area contributed by atoms with Crippen molar-refractivity contribution in [2.24, 2.45) is 5.92 Å². The van der Waals surface area contributed by atoms with Gasteiger partial charge in [0.1, 0.15) is 0 Å². The van der Waals surface area contributed by atoms with Crippen molar-refractivity contribution in [2.75, 3.05) is 26.8 Å². The van der Waals surface area contributed by atoms with Crippen LogP contribution in [-0.4, -0.2) is 47.0 Å². The predicted molar refractivity (Wildman–Crippen MR) is 59.0 cm³/mol. The molecule has 1 fully saturated rings. The molecule has 0 unspecified atom stereocenters. The second-order valence-corrected chi connectivity index (χ2v) is 4.21. The molecule has 0 atom stereocenters. The molecular formula is C10H19N5O. The molecular weight excluding hydrogens is 206 g/mol. The van der Waals surface area contributed by atoms with E-state index in [1.54, 1.807) is 7.11 Å². The normalized spacial score (nSPS) is 17.8. The van der Waals surface area contributed by atoms with Gasteiger partial charge in [0.15, 0.2) is 5.82 Å². The Hall–Kier alpha value is -1.01. The van der Waals surface area contributed by atoms with E-state index >= 15 is 0 Å². The minimum Gasteiger partial charge on any atom is -0.384 e. The third-order valence-corrected chi connectivity index (χ3v) is 3.03. The summed E-state index contributed by atoms with van der Waals surface area (Å²) < 4.78 is 6.97. The molecule has 2 rings (SSSR count). The molecule has 0 aliphatic carbocycles. The highest BCUT2D eigenvalue weighted by Gasteiger charge is 2.16. The van der Waals surface area contributed by atoms with Gasteiger partial charge in [-0.2, -0.15) is 0 Å². The fraction of sp³-hybridized carbons (Fsp3) is 0.900. The second-order valence-electron chi connectivity index (χ2n) is 4.21. The first-order valence-electron chi connectivity index (χ1n) is 5.85. The molecule has 1 aromatic rings. The highest BCUT2D eigenvalue weighted by molar-refractivity contribution is 4.82. The van der Waals surface area contributed by atoms with Crippen LogP contribution >= 0.6 is 0 Å². The van der Waals surface area contributed by atoms with Crippen LogP contribution in [0.1, 0.15) is 18.7 Å². The van der Waals surface area contributed by atoms with Gasteiger partial charge >= 0.3 is 0 Å². The topological polar surface area (TPSA) is 64.9 Å². The van der Waals surface area contributed by atoms with E-state index in [1.807, 2.05) is 4.68 Å². The van der Waals surface area contributed by atoms with Crippen molar-refractivity contribution in [3.05, 3.63) is 5.82 Å². The number of rotatable bonds is 5. The van der Waals surface area contributed by atoms with Crippen LogP contribution in [0.25, 0.3) is 0 Å². The molecule has 1 aliphatic heterocycles. The summed E-state index contributed by atoms with van der Waals surface area (Å²) in [5.74, 6) is 1.63. The van der Waals surface area contributed by atoms with E-state index in [9.17, 15) is 0 Å². The number of piperidine rings is 1. The highest BCUT2D eigenvalue weighted by atomic mass is 16.5. The van der Waals surface area contributed by atoms with Gasteiger partial charge in [0, 0.05) is 20.1 Å². The quantitative estimate of drug-likeness (QED) is 0.755. The van der Waals surface area contributed by atoms with Gasteiger partial charge in [-0.1, -0.05) is 0 Å². The lowest BCUT2D eigenvalue weighted by Gasteiger charge is -2.22. The average Bonchev–Trinajstić information content (AvgIpc) is 2.75. The SMILES string of the molecule is COCCc1nnnn1CC1CCNCC1. The largest absolute Gasteiger partial charge is 0.384 e. The third-order valence-electron chi connectivity index (χ3n) is 3.03. The van der Waals surface area contributed by atoms with E-state index in [-0.39, 0.29) is 0 Å². The Labute approximate surface area is 95.4 Å². The smallest absolute Gasteiger partial charge is 0.153 e. The van der Waals surface area contributed by atoms with Gasteiger partial charge in [0.05, 0.1) is 6.61 Å². The van der Waals surface area contributed by atoms with Crippen molar-refractivity contribution in [3.63, 3.8) is 0 Å². The Morgan fingerprint density at radius 3 is 3.00 bits per heavy atom. The predicted octanol–water partition coefficient (Wildman–Crippen LogP) is -0.138. The molecule has 1 aromatic heterocycles. The minimum absolute atomic E-state index is 0.673. The monoisotopic (exact) mass is 225 g/mol. The minimum atomic E-state index is 0.673. The number of hydrogen-bond donors (Lipinski definition) is 1. The van der Waals surface area contributed by atoms with Crippen LogP contribution in [0.2, 0.25) is 0 Å². The van der Waals surface area contributed by atoms with Crippen LogP contribution in [0, 0.1) is 5.92 Å². The van der Waals surface area contributed by atoms with E-state index < -0.39 is 0 Å². The molecule has 2 heterocycles. The zero-order valence-corrected chi connectivity index (χ0v) is 9.72. The summed E-state index contributed by atoms with van der Waals surface area (Å²) in [6, 6.07) is 0. The lowest BCUT2D eigenvalue weighted by atomic mass is 9.98. The fourth-order valence-electron chi connectivity index (χ4n) is 2.05. The molecule has 0 saturated carbocycles. The molecule has 16 heavy (non-hydrogen) atoms. The lowest BCUT2D eigenvalue weighted by molar-refractivity contribution is 0.198. The van der Waals surface area contributed by atoms with Gasteiger partial charge in [0.2, 0.25) is 0 Å². The molecule has 1 N–H and O–H groups in total. The molecule has 0 amide bonds. The summed E-state index contributed by atoms with van der Waals surface area (Å²) in [6.45, 7) is 3.83. The van der Waals surface area contributed by atoms with Gasteiger partial charge in [-0.15, -0.1) is 5.10 Å². The zero-order chi connectivity index (χ0) is 11.2. The maximum Gasteiger partial charge on any atom is 0.153 e. The van der Waals surface area contributed by atoms with E-state index in [4.69, 9.17) is 4.74 Å². The molecule has 6 nitrogen and oxygen atoms in total. The number of nitrogens with zero attached hydrogens (tertiary/aromatic N) is 4. The van der Waals surface area contributed by atoms with Crippen LogP contribution in [0.3, 0.4) is 0 Å². The molecule has 6 heteroatoms. The van der Waals surface area contributed by atoms with Gasteiger partial charge in [-0.05, 0) is 42.3 Å². The first-order valence-corrected chi connectivity index (χ1v) is 5.85. The fourth-order valence-corrected chi connectivity index (χ4v) is 2.05. The number of nitrogens with one attached hydrogen (secondary N) is 1. The summed E-state index contributed by atoms with van der Waals surface area (Å²) in [5.41, 5.74) is 0. The van der Waals surface area contributed by atoms with Gasteiger partial charge in [-0.25, -0.2) is 4.68 Å². The van der Waals surface area contributed by atoms with E-state index in [1.165, 1.54) is 12.8 Å². The summed E-state index contributed by atoms with van der Waals surface area (Å²) in [6.07, 6.45) is 3.21. The summed E-state index contributed by atoms with van der Waals surface area (Å²) in [4.78, 5) is 0. The Morgan fingerprint density at radius 2 is 2.25 bits per heavy atom. The van der Waals surface area contributed by atoms with Crippen LogP contribution in [-0.2, 0) is 17.7 Å². The van der Waals surface area contributed by atoms with E-state index in [0.29, 0.717) is 12.5 Å². The first kappa shape index (κ1) is 11.5. The molecule has 1 saturated heterocycles. The Morgan fingerprint density at radius 1 is 1.44 bits per heavy atom. The first-order chi connectivity index (χ1) is 7.90. The summed E-state index contributed by atoms with van der Waals surface area (Å²) >= 11 is 0. The van der Waals surface area contributed by atoms with Crippen molar-refractivity contribution in [1.29, 1.82) is 0 Å². The number of hydrogen-bond acceptors (Lipinski definition) is 5. The number of methoxy groups -OCH3 is 1. The van der Waals surface area contributed by atoms with Gasteiger partial charge < -0.3 is 10.1 Å². The molecule has 0 aromatic carbocycles. The Balaban J connectivity index is 1.89. The van der Waals surface area contributed by atoms with Crippen molar-refractivity contribution in [3.8, 4) is 0 Å². The zero-order valence-electron chi connectivity index (χ0n) is 9.72. The van der Waals surface area contributed by atoms with Gasteiger partial charge in [0.25, 0.3) is 0 Å². The average molecular weight is 225 g/mol. The number of tetrazole rings is 1. The molecule has 0 radical (unpaired) electrons. The lowest BCUT2D eigenvalue weighted by Crippen LogP contribution is -2.30. The number of ether oxygens (including phenoxy) is 1. The Kier molecular flexibility index (Phi) is 4.24. The standard InChI is InChI=1S/C10H19N5O/c1-16-7-4-10-12-13-14-15(10)8-9-2-5-11-6-3-9/h9,11H,2-8H2,1H3. The van der Waals surface area contributed by atoms with Crippen LogP contribution in [0.15, 0.2) is 0 Å². The molecule has 90 valence electrons. The number of aromatic nitrogens is 4. The maximum absolute atomic E-state index is 5.04. The van der Waals surface area contributed by atoms with Crippen molar-refractivity contribution >= 4 is 0 Å². The Bertz CT molecular complexity index is 308. The van der Waals surface area contributed by atoms with Crippen molar-refractivity contribution in [2.45, 2.75) is 25.8 Å². The molecule has 1 aliphatic rings. The maximum atomic E-state index is 5.04. The molecule has 0 bridgehead atoms. The molecule has 0 spiro atoms.